The Balaban J connectivity index is 1.76. The molecule has 1 amide bonds. The number of benzene rings is 3. The molecule has 0 unspecified atom stereocenters. The molecule has 4 aromatic rings. The molecule has 0 aliphatic carbocycles. The quantitative estimate of drug-likeness (QED) is 0.305. The van der Waals surface area contributed by atoms with Crippen LogP contribution < -0.4 is 14.8 Å². The molecular weight excluding hydrogens is 440 g/mol. The Labute approximate surface area is 195 Å². The van der Waals surface area contributed by atoms with Gasteiger partial charge in [-0.3, -0.25) is 4.79 Å². The second-order valence-corrected chi connectivity index (χ2v) is 7.57. The van der Waals surface area contributed by atoms with Crippen molar-refractivity contribution in [2.24, 2.45) is 0 Å². The maximum absolute atomic E-state index is 13.9. The summed E-state index contributed by atoms with van der Waals surface area (Å²) in [7, 11) is 1.60. The molecular formula is C27H23F2NO4. The van der Waals surface area contributed by atoms with Crippen LogP contribution >= 0.6 is 0 Å². The Bertz CT molecular complexity index is 1390. The number of carbonyl (C=O) groups excluding carboxylic acids is 1. The Kier molecular flexibility index (Phi) is 6.63. The molecule has 0 saturated heterocycles. The Morgan fingerprint density at radius 2 is 1.85 bits per heavy atom. The molecule has 174 valence electrons. The average Bonchev–Trinajstić information content (AvgIpc) is 3.23. The van der Waals surface area contributed by atoms with Crippen LogP contribution in [-0.2, 0) is 4.79 Å². The van der Waals surface area contributed by atoms with Crippen LogP contribution in [-0.4, -0.2) is 19.6 Å². The van der Waals surface area contributed by atoms with E-state index in [4.69, 9.17) is 13.9 Å². The number of furan rings is 1. The highest BCUT2D eigenvalue weighted by atomic mass is 19.1. The number of nitrogens with one attached hydrogen (secondary N) is 1. The molecule has 1 heterocycles. The number of carbonyl (C=O) groups is 1. The van der Waals surface area contributed by atoms with Gasteiger partial charge in [0.1, 0.15) is 28.7 Å². The van der Waals surface area contributed by atoms with E-state index in [1.165, 1.54) is 6.08 Å². The Morgan fingerprint density at radius 3 is 2.62 bits per heavy atom. The van der Waals surface area contributed by atoms with E-state index in [2.05, 4.69) is 5.32 Å². The largest absolute Gasteiger partial charge is 0.496 e. The Morgan fingerprint density at radius 1 is 1.06 bits per heavy atom. The SMILES string of the molecule is CCOc1cc2occ(-c3ccccc3OC)c2cc1/C(C)=C/C(=O)Nc1cc(F)ccc1F. The van der Waals surface area contributed by atoms with Gasteiger partial charge in [0.25, 0.3) is 0 Å². The van der Waals surface area contributed by atoms with E-state index in [0.717, 1.165) is 34.7 Å². The van der Waals surface area contributed by atoms with Crippen molar-refractivity contribution in [3.05, 3.63) is 84.1 Å². The minimum absolute atomic E-state index is 0.233. The lowest BCUT2D eigenvalue weighted by atomic mass is 9.98. The summed E-state index contributed by atoms with van der Waals surface area (Å²) >= 11 is 0. The van der Waals surface area contributed by atoms with Gasteiger partial charge in [-0.25, -0.2) is 8.78 Å². The van der Waals surface area contributed by atoms with Gasteiger partial charge in [0.2, 0.25) is 5.91 Å². The highest BCUT2D eigenvalue weighted by Gasteiger charge is 2.17. The van der Waals surface area contributed by atoms with Crippen molar-refractivity contribution in [1.82, 2.24) is 0 Å². The summed E-state index contributed by atoms with van der Waals surface area (Å²) in [6.45, 7) is 4.01. The Hall–Kier alpha value is -4.13. The standard InChI is InChI=1S/C27H23F2NO4/c1-4-33-25-14-26-20(21(15-34-26)18-7-5-6-8-24(18)32-3)13-19(25)16(2)11-27(31)30-23-12-17(28)9-10-22(23)29/h5-15H,4H2,1-3H3,(H,30,31)/b16-11+. The number of para-hydroxylation sites is 1. The fourth-order valence-corrected chi connectivity index (χ4v) is 3.75. The molecule has 3 aromatic carbocycles. The van der Waals surface area contributed by atoms with E-state index >= 15 is 0 Å². The lowest BCUT2D eigenvalue weighted by molar-refractivity contribution is -0.111. The zero-order chi connectivity index (χ0) is 24.2. The molecule has 0 spiro atoms. The zero-order valence-electron chi connectivity index (χ0n) is 18.9. The van der Waals surface area contributed by atoms with Crippen molar-refractivity contribution >= 4 is 28.1 Å². The van der Waals surface area contributed by atoms with Crippen LogP contribution in [0.2, 0.25) is 0 Å². The van der Waals surface area contributed by atoms with E-state index < -0.39 is 17.5 Å². The minimum Gasteiger partial charge on any atom is -0.496 e. The molecule has 34 heavy (non-hydrogen) atoms. The molecule has 4 rings (SSSR count). The molecule has 0 bridgehead atoms. The number of rotatable bonds is 7. The van der Waals surface area contributed by atoms with E-state index in [0.29, 0.717) is 34.8 Å². The number of fused-ring (bicyclic) bond motifs is 1. The third-order valence-corrected chi connectivity index (χ3v) is 5.33. The van der Waals surface area contributed by atoms with E-state index in [1.54, 1.807) is 26.4 Å². The first kappa shape index (κ1) is 23.0. The highest BCUT2D eigenvalue weighted by Crippen LogP contribution is 2.40. The first-order valence-corrected chi connectivity index (χ1v) is 10.7. The molecule has 5 nitrogen and oxygen atoms in total. The van der Waals surface area contributed by atoms with Crippen molar-refractivity contribution < 1.29 is 27.5 Å². The monoisotopic (exact) mass is 463 g/mol. The minimum atomic E-state index is -0.725. The van der Waals surface area contributed by atoms with Crippen molar-refractivity contribution in [2.45, 2.75) is 13.8 Å². The normalized spacial score (nSPS) is 11.5. The van der Waals surface area contributed by atoms with Crippen molar-refractivity contribution in [1.29, 1.82) is 0 Å². The summed E-state index contributed by atoms with van der Waals surface area (Å²) in [5.74, 6) is -0.733. The number of hydrogen-bond acceptors (Lipinski definition) is 4. The highest BCUT2D eigenvalue weighted by molar-refractivity contribution is 6.05. The maximum Gasteiger partial charge on any atom is 0.248 e. The van der Waals surface area contributed by atoms with E-state index in [9.17, 15) is 13.6 Å². The van der Waals surface area contributed by atoms with Gasteiger partial charge in [-0.1, -0.05) is 18.2 Å². The molecule has 1 N–H and O–H groups in total. The summed E-state index contributed by atoms with van der Waals surface area (Å²) in [5.41, 5.74) is 3.32. The number of allylic oxidation sites excluding steroid dienone is 1. The number of methoxy groups -OCH3 is 1. The van der Waals surface area contributed by atoms with Crippen LogP contribution in [0.5, 0.6) is 11.5 Å². The molecule has 0 aliphatic heterocycles. The van der Waals surface area contributed by atoms with Crippen LogP contribution in [0.4, 0.5) is 14.5 Å². The number of amides is 1. The first-order chi connectivity index (χ1) is 16.4. The van der Waals surface area contributed by atoms with Gasteiger partial charge in [-0.2, -0.15) is 0 Å². The summed E-state index contributed by atoms with van der Waals surface area (Å²) in [6.07, 6.45) is 2.97. The van der Waals surface area contributed by atoms with Gasteiger partial charge >= 0.3 is 0 Å². The predicted molar refractivity (Wildman–Crippen MR) is 128 cm³/mol. The molecule has 0 fully saturated rings. The van der Waals surface area contributed by atoms with Crippen molar-refractivity contribution in [3.8, 4) is 22.6 Å². The summed E-state index contributed by atoms with van der Waals surface area (Å²) in [4.78, 5) is 12.6. The summed E-state index contributed by atoms with van der Waals surface area (Å²) in [5, 5.41) is 3.19. The van der Waals surface area contributed by atoms with Crippen LogP contribution in [0.15, 0.2) is 71.4 Å². The van der Waals surface area contributed by atoms with Crippen LogP contribution in [0.3, 0.4) is 0 Å². The van der Waals surface area contributed by atoms with E-state index in [1.807, 2.05) is 37.3 Å². The fraction of sp³-hybridized carbons (Fsp3) is 0.148. The van der Waals surface area contributed by atoms with Gasteiger partial charge in [-0.15, -0.1) is 0 Å². The van der Waals surface area contributed by atoms with Gasteiger partial charge in [0.15, 0.2) is 0 Å². The zero-order valence-corrected chi connectivity index (χ0v) is 18.9. The number of hydrogen-bond donors (Lipinski definition) is 1. The first-order valence-electron chi connectivity index (χ1n) is 10.7. The van der Waals surface area contributed by atoms with Gasteiger partial charge in [0, 0.05) is 40.3 Å². The topological polar surface area (TPSA) is 60.7 Å². The third kappa shape index (κ3) is 4.64. The smallest absolute Gasteiger partial charge is 0.248 e. The molecule has 0 radical (unpaired) electrons. The van der Waals surface area contributed by atoms with Crippen LogP contribution in [0.25, 0.3) is 27.7 Å². The van der Waals surface area contributed by atoms with E-state index in [-0.39, 0.29) is 5.69 Å². The summed E-state index contributed by atoms with van der Waals surface area (Å²) in [6, 6.07) is 14.1. The second kappa shape index (κ2) is 9.79. The molecule has 1 aromatic heterocycles. The molecule has 0 aliphatic rings. The van der Waals surface area contributed by atoms with Crippen LogP contribution in [0.1, 0.15) is 19.4 Å². The summed E-state index contributed by atoms with van der Waals surface area (Å²) < 4.78 is 44.5. The number of anilines is 1. The van der Waals surface area contributed by atoms with Gasteiger partial charge in [-0.05, 0) is 43.7 Å². The molecule has 7 heteroatoms. The fourth-order valence-electron chi connectivity index (χ4n) is 3.75. The van der Waals surface area contributed by atoms with Gasteiger partial charge < -0.3 is 19.2 Å². The van der Waals surface area contributed by atoms with Crippen LogP contribution in [0, 0.1) is 11.6 Å². The van der Waals surface area contributed by atoms with Gasteiger partial charge in [0.05, 0.1) is 25.7 Å². The third-order valence-electron chi connectivity index (χ3n) is 5.33. The number of halogens is 2. The maximum atomic E-state index is 13.9. The predicted octanol–water partition coefficient (Wildman–Crippen LogP) is 6.83. The lowest BCUT2D eigenvalue weighted by Crippen LogP contribution is -2.10. The van der Waals surface area contributed by atoms with Crippen molar-refractivity contribution in [2.75, 3.05) is 19.0 Å². The van der Waals surface area contributed by atoms with Crippen molar-refractivity contribution in [3.63, 3.8) is 0 Å². The molecule has 0 saturated carbocycles. The molecule has 0 atom stereocenters. The second-order valence-electron chi connectivity index (χ2n) is 7.57. The lowest BCUT2D eigenvalue weighted by Gasteiger charge is -2.12. The average molecular weight is 463 g/mol. The number of ether oxygens (including phenoxy) is 2.